The monoisotopic (exact) mass is 443 g/mol. The molecule has 1 saturated carbocycles. The summed E-state index contributed by atoms with van der Waals surface area (Å²) in [4.78, 5) is 13.4. The van der Waals surface area contributed by atoms with E-state index in [0.717, 1.165) is 37.0 Å². The molecule has 1 heterocycles. The van der Waals surface area contributed by atoms with E-state index in [-0.39, 0.29) is 18.0 Å². The number of fused-ring (bicyclic) bond motifs is 1. The average Bonchev–Trinajstić information content (AvgIpc) is 3.21. The van der Waals surface area contributed by atoms with E-state index in [1.807, 2.05) is 36.4 Å². The van der Waals surface area contributed by atoms with E-state index in [1.165, 1.54) is 5.56 Å². The van der Waals surface area contributed by atoms with Crippen LogP contribution in [0.25, 0.3) is 0 Å². The largest absolute Gasteiger partial charge is 0.342 e. The van der Waals surface area contributed by atoms with Crippen LogP contribution in [0.5, 0.6) is 0 Å². The number of benzene rings is 3. The Morgan fingerprint density at radius 1 is 0.969 bits per heavy atom. The zero-order chi connectivity index (χ0) is 21.9. The summed E-state index contributed by atoms with van der Waals surface area (Å²) in [5.74, 6) is 0.594. The van der Waals surface area contributed by atoms with Gasteiger partial charge in [-0.3, -0.25) is 0 Å². The van der Waals surface area contributed by atoms with E-state index in [2.05, 4.69) is 41.7 Å². The molecule has 0 radical (unpaired) electrons. The molecule has 1 fully saturated rings. The molecular formula is C27H26ClN3O. The maximum atomic E-state index is 13.4. The third kappa shape index (κ3) is 4.28. The summed E-state index contributed by atoms with van der Waals surface area (Å²) in [5.41, 5.74) is 4.28. The number of carbonyl (C=O) groups excluding carboxylic acids is 1. The fourth-order valence-corrected chi connectivity index (χ4v) is 5.25. The SMILES string of the molecule is O=C(Nc1cccc(Cl)c1)N1N=C2[C@H](Cc3ccccc3)CCC[C@H]2[C@H]1c1ccccc1. The molecule has 162 valence electrons. The molecule has 2 amide bonds. The lowest BCUT2D eigenvalue weighted by atomic mass is 9.73. The van der Waals surface area contributed by atoms with Gasteiger partial charge in [0, 0.05) is 28.3 Å². The lowest BCUT2D eigenvalue weighted by Gasteiger charge is -2.32. The molecule has 3 atom stereocenters. The minimum Gasteiger partial charge on any atom is -0.306 e. The Labute approximate surface area is 193 Å². The minimum atomic E-state index is -0.221. The molecule has 5 rings (SSSR count). The summed E-state index contributed by atoms with van der Waals surface area (Å²) in [6.45, 7) is 0. The third-order valence-corrected chi connectivity index (χ3v) is 6.72. The zero-order valence-electron chi connectivity index (χ0n) is 17.8. The topological polar surface area (TPSA) is 44.7 Å². The Morgan fingerprint density at radius 3 is 2.47 bits per heavy atom. The van der Waals surface area contributed by atoms with Crippen molar-refractivity contribution in [3.63, 3.8) is 0 Å². The van der Waals surface area contributed by atoms with Crippen LogP contribution in [0.4, 0.5) is 10.5 Å². The minimum absolute atomic E-state index is 0.0936. The van der Waals surface area contributed by atoms with Gasteiger partial charge in [0.05, 0.1) is 6.04 Å². The van der Waals surface area contributed by atoms with Crippen LogP contribution in [0, 0.1) is 11.8 Å². The van der Waals surface area contributed by atoms with Crippen LogP contribution in [0.3, 0.4) is 0 Å². The number of nitrogens with one attached hydrogen (secondary N) is 1. The summed E-state index contributed by atoms with van der Waals surface area (Å²) in [6, 6.07) is 27.8. The summed E-state index contributed by atoms with van der Waals surface area (Å²) >= 11 is 6.12. The van der Waals surface area contributed by atoms with Crippen LogP contribution in [0.1, 0.15) is 36.4 Å². The van der Waals surface area contributed by atoms with Crippen LogP contribution < -0.4 is 5.32 Å². The predicted octanol–water partition coefficient (Wildman–Crippen LogP) is 6.94. The van der Waals surface area contributed by atoms with Crippen LogP contribution in [0.15, 0.2) is 90.0 Å². The molecule has 1 aliphatic heterocycles. The normalized spacial score (nSPS) is 22.2. The maximum absolute atomic E-state index is 13.4. The molecule has 3 aromatic carbocycles. The van der Waals surface area contributed by atoms with Crippen LogP contribution in [0.2, 0.25) is 5.02 Å². The summed E-state index contributed by atoms with van der Waals surface area (Å²) in [6.07, 6.45) is 4.26. The lowest BCUT2D eigenvalue weighted by Crippen LogP contribution is -2.35. The van der Waals surface area contributed by atoms with Gasteiger partial charge >= 0.3 is 6.03 Å². The second-order valence-corrected chi connectivity index (χ2v) is 9.03. The first-order valence-electron chi connectivity index (χ1n) is 11.2. The molecule has 4 nitrogen and oxygen atoms in total. The number of halogens is 1. The molecule has 0 unspecified atom stereocenters. The van der Waals surface area contributed by atoms with E-state index >= 15 is 0 Å². The molecule has 1 N–H and O–H groups in total. The van der Waals surface area contributed by atoms with Gasteiger partial charge in [-0.25, -0.2) is 9.80 Å². The molecule has 1 aliphatic carbocycles. The van der Waals surface area contributed by atoms with Crippen molar-refractivity contribution in [2.45, 2.75) is 31.7 Å². The van der Waals surface area contributed by atoms with Crippen LogP contribution in [-0.4, -0.2) is 16.8 Å². The fraction of sp³-hybridized carbons (Fsp3) is 0.259. The fourth-order valence-electron chi connectivity index (χ4n) is 5.06. The van der Waals surface area contributed by atoms with E-state index in [0.29, 0.717) is 16.6 Å². The smallest absolute Gasteiger partial charge is 0.306 e. The number of hydrogen-bond donors (Lipinski definition) is 1. The highest BCUT2D eigenvalue weighted by Gasteiger charge is 2.45. The van der Waals surface area contributed by atoms with Crippen molar-refractivity contribution in [3.05, 3.63) is 101 Å². The molecule has 5 heteroatoms. The molecule has 0 aromatic heterocycles. The van der Waals surface area contributed by atoms with Crippen molar-refractivity contribution in [2.75, 3.05) is 5.32 Å². The molecule has 0 saturated heterocycles. The lowest BCUT2D eigenvalue weighted by molar-refractivity contribution is 0.187. The number of amides is 2. The highest BCUT2D eigenvalue weighted by molar-refractivity contribution is 6.30. The van der Waals surface area contributed by atoms with Gasteiger partial charge in [-0.2, -0.15) is 5.10 Å². The van der Waals surface area contributed by atoms with E-state index in [9.17, 15) is 4.79 Å². The zero-order valence-corrected chi connectivity index (χ0v) is 18.6. The number of anilines is 1. The van der Waals surface area contributed by atoms with Crippen molar-refractivity contribution < 1.29 is 4.79 Å². The van der Waals surface area contributed by atoms with Gasteiger partial charge in [-0.05, 0) is 48.6 Å². The van der Waals surface area contributed by atoms with Crippen LogP contribution in [-0.2, 0) is 6.42 Å². The Hall–Kier alpha value is -3.11. The van der Waals surface area contributed by atoms with Gasteiger partial charge in [0.1, 0.15) is 0 Å². The first kappa shape index (κ1) is 20.8. The van der Waals surface area contributed by atoms with Crippen LogP contribution >= 0.6 is 11.6 Å². The van der Waals surface area contributed by atoms with Gasteiger partial charge in [-0.15, -0.1) is 0 Å². The second-order valence-electron chi connectivity index (χ2n) is 8.59. The van der Waals surface area contributed by atoms with Gasteiger partial charge in [0.15, 0.2) is 0 Å². The van der Waals surface area contributed by atoms with E-state index in [1.54, 1.807) is 17.1 Å². The molecule has 32 heavy (non-hydrogen) atoms. The number of hydrogen-bond acceptors (Lipinski definition) is 2. The van der Waals surface area contributed by atoms with Gasteiger partial charge in [0.25, 0.3) is 0 Å². The Kier molecular flexibility index (Phi) is 5.95. The number of urea groups is 1. The summed E-state index contributed by atoms with van der Waals surface area (Å²) in [5, 5.41) is 10.2. The number of carbonyl (C=O) groups is 1. The average molecular weight is 444 g/mol. The van der Waals surface area contributed by atoms with Gasteiger partial charge in [0.2, 0.25) is 0 Å². The molecule has 3 aromatic rings. The van der Waals surface area contributed by atoms with Crippen molar-refractivity contribution in [3.8, 4) is 0 Å². The Morgan fingerprint density at radius 2 is 1.72 bits per heavy atom. The number of nitrogens with zero attached hydrogens (tertiary/aromatic N) is 2. The van der Waals surface area contributed by atoms with Crippen molar-refractivity contribution in [1.29, 1.82) is 0 Å². The number of hydrazone groups is 1. The van der Waals surface area contributed by atoms with E-state index in [4.69, 9.17) is 16.7 Å². The van der Waals surface area contributed by atoms with Crippen molar-refractivity contribution in [1.82, 2.24) is 5.01 Å². The standard InChI is InChI=1S/C27H26ClN3O/c28-22-14-8-15-23(18-22)29-27(32)31-26(20-11-5-2-6-12-20)24-16-7-13-21(25(24)30-31)17-19-9-3-1-4-10-19/h1-6,8-12,14-15,18,21,24,26H,7,13,16-17H2,(H,29,32)/t21-,24+,26+/m0/s1. The van der Waals surface area contributed by atoms with Gasteiger partial charge in [-0.1, -0.05) is 84.8 Å². The highest BCUT2D eigenvalue weighted by Crippen LogP contribution is 2.45. The number of rotatable bonds is 4. The van der Waals surface area contributed by atoms with Crippen molar-refractivity contribution >= 4 is 29.0 Å². The van der Waals surface area contributed by atoms with Crippen molar-refractivity contribution in [2.24, 2.45) is 16.9 Å². The first-order chi connectivity index (χ1) is 15.7. The summed E-state index contributed by atoms with van der Waals surface area (Å²) in [7, 11) is 0. The molecular weight excluding hydrogens is 418 g/mol. The van der Waals surface area contributed by atoms with E-state index < -0.39 is 0 Å². The third-order valence-electron chi connectivity index (χ3n) is 6.48. The Bertz CT molecular complexity index is 1120. The molecule has 2 aliphatic rings. The molecule has 0 bridgehead atoms. The Balaban J connectivity index is 1.46. The quantitative estimate of drug-likeness (QED) is 0.466. The molecule has 0 spiro atoms. The predicted molar refractivity (Wildman–Crippen MR) is 130 cm³/mol. The first-order valence-corrected chi connectivity index (χ1v) is 11.6. The highest BCUT2D eigenvalue weighted by atomic mass is 35.5. The summed E-state index contributed by atoms with van der Waals surface area (Å²) < 4.78 is 0. The maximum Gasteiger partial charge on any atom is 0.342 e. The second kappa shape index (κ2) is 9.17. The van der Waals surface area contributed by atoms with Gasteiger partial charge < -0.3 is 5.32 Å².